The van der Waals surface area contributed by atoms with E-state index in [2.05, 4.69) is 30.9 Å². The van der Waals surface area contributed by atoms with Crippen LogP contribution in [0.15, 0.2) is 21.9 Å². The average molecular weight is 302 g/mol. The summed E-state index contributed by atoms with van der Waals surface area (Å²) in [5.74, 6) is 0.156. The molecule has 2 atom stereocenters. The first-order valence-electron chi connectivity index (χ1n) is 4.84. The topological polar surface area (TPSA) is 128 Å². The van der Waals surface area contributed by atoms with Gasteiger partial charge in [-0.05, 0) is 33.9 Å². The Kier molecular flexibility index (Phi) is 5.17. The van der Waals surface area contributed by atoms with Crippen LogP contribution >= 0.6 is 15.9 Å². The zero-order chi connectivity index (χ0) is 12.8. The first-order chi connectivity index (χ1) is 8.06. The lowest BCUT2D eigenvalue weighted by Crippen LogP contribution is -2.20. The molecule has 0 amide bonds. The van der Waals surface area contributed by atoms with E-state index in [0.717, 1.165) is 0 Å². The highest BCUT2D eigenvalue weighted by Gasteiger charge is 2.20. The number of nitrogens with two attached hydrogens (primary N) is 1. The smallest absolute Gasteiger partial charge is 0.129 e. The average Bonchev–Trinajstić information content (AvgIpc) is 2.31. The van der Waals surface area contributed by atoms with E-state index < -0.39 is 12.2 Å². The van der Waals surface area contributed by atoms with Crippen molar-refractivity contribution in [3.8, 4) is 0 Å². The standard InChI is InChI=1S/C9H12BrN5O2/c10-5-3-6(9(11)13-4-5)8(17)7(16)1-2-14-15-12/h3-4,7-8,16-17H,1-2H2,(H2,11,13). The predicted molar refractivity (Wildman–Crippen MR) is 65.9 cm³/mol. The largest absolute Gasteiger partial charge is 0.390 e. The molecule has 92 valence electrons. The molecule has 4 N–H and O–H groups in total. The highest BCUT2D eigenvalue weighted by molar-refractivity contribution is 9.10. The molecule has 0 aliphatic rings. The van der Waals surface area contributed by atoms with Gasteiger partial charge in [-0.25, -0.2) is 4.98 Å². The quantitative estimate of drug-likeness (QED) is 0.432. The molecule has 1 rings (SSSR count). The molecule has 2 unspecified atom stereocenters. The second kappa shape index (κ2) is 6.41. The van der Waals surface area contributed by atoms with Crippen LogP contribution in [0.25, 0.3) is 10.4 Å². The van der Waals surface area contributed by atoms with E-state index in [1.807, 2.05) is 0 Å². The van der Waals surface area contributed by atoms with Gasteiger partial charge in [0.15, 0.2) is 0 Å². The second-order valence-electron chi connectivity index (χ2n) is 3.38. The molecular formula is C9H12BrN5O2. The summed E-state index contributed by atoms with van der Waals surface area (Å²) in [6.07, 6.45) is -0.567. The minimum absolute atomic E-state index is 0.107. The molecule has 0 aliphatic carbocycles. The highest BCUT2D eigenvalue weighted by Crippen LogP contribution is 2.25. The molecule has 1 heterocycles. The first kappa shape index (κ1) is 13.7. The third-order valence-electron chi connectivity index (χ3n) is 2.19. The Morgan fingerprint density at radius 2 is 2.29 bits per heavy atom. The minimum Gasteiger partial charge on any atom is -0.390 e. The molecule has 0 fully saturated rings. The van der Waals surface area contributed by atoms with Crippen molar-refractivity contribution in [2.24, 2.45) is 5.11 Å². The Morgan fingerprint density at radius 3 is 2.94 bits per heavy atom. The number of aliphatic hydroxyl groups is 2. The summed E-state index contributed by atoms with van der Waals surface area (Å²) >= 11 is 3.20. The number of halogens is 1. The van der Waals surface area contributed by atoms with E-state index in [-0.39, 0.29) is 18.8 Å². The number of azide groups is 1. The maximum atomic E-state index is 9.87. The van der Waals surface area contributed by atoms with Crippen LogP contribution in [0.5, 0.6) is 0 Å². The number of rotatable bonds is 5. The fourth-order valence-electron chi connectivity index (χ4n) is 1.30. The van der Waals surface area contributed by atoms with Gasteiger partial charge in [0.2, 0.25) is 0 Å². The maximum Gasteiger partial charge on any atom is 0.129 e. The number of nitrogens with zero attached hydrogens (tertiary/aromatic N) is 4. The van der Waals surface area contributed by atoms with Crippen LogP contribution in [-0.2, 0) is 0 Å². The van der Waals surface area contributed by atoms with E-state index in [1.165, 1.54) is 6.20 Å². The summed E-state index contributed by atoms with van der Waals surface area (Å²) in [5.41, 5.74) is 14.0. The number of hydrogen-bond acceptors (Lipinski definition) is 5. The molecule has 0 saturated carbocycles. The predicted octanol–water partition coefficient (Wildman–Crippen LogP) is 1.52. The number of anilines is 1. The lowest BCUT2D eigenvalue weighted by molar-refractivity contribution is 0.0153. The van der Waals surface area contributed by atoms with Gasteiger partial charge < -0.3 is 15.9 Å². The van der Waals surface area contributed by atoms with Crippen molar-refractivity contribution in [2.45, 2.75) is 18.6 Å². The second-order valence-corrected chi connectivity index (χ2v) is 4.30. The van der Waals surface area contributed by atoms with Crippen LogP contribution in [0.1, 0.15) is 18.1 Å². The SMILES string of the molecule is [N-]=[N+]=NCCC(O)C(O)c1cc(Br)cnc1N. The molecule has 1 aromatic rings. The van der Waals surface area contributed by atoms with E-state index in [4.69, 9.17) is 11.3 Å². The van der Waals surface area contributed by atoms with Crippen molar-refractivity contribution in [1.82, 2.24) is 4.98 Å². The van der Waals surface area contributed by atoms with Crippen molar-refractivity contribution in [3.63, 3.8) is 0 Å². The normalized spacial score (nSPS) is 13.8. The summed E-state index contributed by atoms with van der Waals surface area (Å²) in [6.45, 7) is 0.107. The third-order valence-corrected chi connectivity index (χ3v) is 2.62. The molecule has 0 bridgehead atoms. The zero-order valence-corrected chi connectivity index (χ0v) is 10.4. The zero-order valence-electron chi connectivity index (χ0n) is 8.86. The van der Waals surface area contributed by atoms with E-state index >= 15 is 0 Å². The van der Waals surface area contributed by atoms with Gasteiger partial charge in [-0.2, -0.15) is 0 Å². The van der Waals surface area contributed by atoms with Crippen molar-refractivity contribution in [1.29, 1.82) is 0 Å². The molecular weight excluding hydrogens is 290 g/mol. The molecule has 0 radical (unpaired) electrons. The Morgan fingerprint density at radius 1 is 1.59 bits per heavy atom. The monoisotopic (exact) mass is 301 g/mol. The van der Waals surface area contributed by atoms with Crippen LogP contribution in [0.3, 0.4) is 0 Å². The van der Waals surface area contributed by atoms with Crippen LogP contribution in [0.4, 0.5) is 5.82 Å². The van der Waals surface area contributed by atoms with Crippen molar-refractivity contribution in [3.05, 3.63) is 32.7 Å². The summed E-state index contributed by atoms with van der Waals surface area (Å²) in [5, 5.41) is 22.8. The first-order valence-corrected chi connectivity index (χ1v) is 5.63. The molecule has 7 nitrogen and oxygen atoms in total. The van der Waals surface area contributed by atoms with E-state index in [1.54, 1.807) is 6.07 Å². The third kappa shape index (κ3) is 3.86. The fourth-order valence-corrected chi connectivity index (χ4v) is 1.65. The van der Waals surface area contributed by atoms with Gasteiger partial charge in [0.1, 0.15) is 11.9 Å². The minimum atomic E-state index is -1.16. The highest BCUT2D eigenvalue weighted by atomic mass is 79.9. The molecule has 0 spiro atoms. The van der Waals surface area contributed by atoms with Crippen molar-refractivity contribution in [2.75, 3.05) is 12.3 Å². The van der Waals surface area contributed by atoms with Gasteiger partial charge in [0.25, 0.3) is 0 Å². The van der Waals surface area contributed by atoms with Gasteiger partial charge in [0, 0.05) is 27.7 Å². The van der Waals surface area contributed by atoms with Gasteiger partial charge in [-0.15, -0.1) is 0 Å². The Labute approximate surface area is 106 Å². The molecule has 17 heavy (non-hydrogen) atoms. The van der Waals surface area contributed by atoms with Crippen molar-refractivity contribution >= 4 is 21.7 Å². The van der Waals surface area contributed by atoms with Gasteiger partial charge in [-0.3, -0.25) is 0 Å². The number of nitrogen functional groups attached to an aromatic ring is 1. The van der Waals surface area contributed by atoms with E-state index in [0.29, 0.717) is 10.0 Å². The van der Waals surface area contributed by atoms with Crippen LogP contribution in [0.2, 0.25) is 0 Å². The summed E-state index contributed by atoms with van der Waals surface area (Å²) < 4.78 is 0.656. The van der Waals surface area contributed by atoms with Crippen LogP contribution < -0.4 is 5.73 Å². The number of aliphatic hydroxyl groups excluding tert-OH is 2. The Balaban J connectivity index is 2.76. The Bertz CT molecular complexity index is 435. The van der Waals surface area contributed by atoms with E-state index in [9.17, 15) is 10.2 Å². The number of aromatic nitrogens is 1. The Hall–Kier alpha value is -1.34. The number of pyridine rings is 1. The van der Waals surface area contributed by atoms with Gasteiger partial charge >= 0.3 is 0 Å². The summed E-state index contributed by atoms with van der Waals surface area (Å²) in [6, 6.07) is 1.59. The number of hydrogen-bond donors (Lipinski definition) is 3. The lowest BCUT2D eigenvalue weighted by atomic mass is 10.0. The summed E-state index contributed by atoms with van der Waals surface area (Å²) in [7, 11) is 0. The molecule has 0 aromatic carbocycles. The summed E-state index contributed by atoms with van der Waals surface area (Å²) in [4.78, 5) is 6.42. The van der Waals surface area contributed by atoms with Gasteiger partial charge in [-0.1, -0.05) is 5.11 Å². The molecule has 1 aromatic heterocycles. The fraction of sp³-hybridized carbons (Fsp3) is 0.444. The van der Waals surface area contributed by atoms with Gasteiger partial charge in [0.05, 0.1) is 6.10 Å². The molecule has 8 heteroatoms. The van der Waals surface area contributed by atoms with Crippen molar-refractivity contribution < 1.29 is 10.2 Å². The maximum absolute atomic E-state index is 9.87. The molecule has 0 saturated heterocycles. The lowest BCUT2D eigenvalue weighted by Gasteiger charge is -2.18. The van der Waals surface area contributed by atoms with Crippen LogP contribution in [-0.4, -0.2) is 27.8 Å². The molecule has 0 aliphatic heterocycles. The van der Waals surface area contributed by atoms with Crippen LogP contribution in [0, 0.1) is 0 Å².